The van der Waals surface area contributed by atoms with E-state index in [2.05, 4.69) is 16.0 Å². The number of carbonyl (C=O) groups is 3. The number of carbonyl (C=O) groups excluding carboxylic acids is 3. The molecule has 3 amide bonds. The topological polar surface area (TPSA) is 90.5 Å². The Morgan fingerprint density at radius 2 is 1.42 bits per heavy atom. The minimum absolute atomic E-state index is 0.0624. The van der Waals surface area contributed by atoms with E-state index >= 15 is 0 Å². The van der Waals surface area contributed by atoms with Crippen LogP contribution >= 0.6 is 0 Å². The number of anilines is 4. The lowest BCUT2D eigenvalue weighted by atomic mass is 10.1. The van der Waals surface area contributed by atoms with Crippen LogP contribution in [-0.2, 0) is 20.8 Å². The summed E-state index contributed by atoms with van der Waals surface area (Å²) in [5, 5.41) is 8.77. The van der Waals surface area contributed by atoms with Crippen LogP contribution in [0.4, 0.5) is 22.7 Å². The van der Waals surface area contributed by atoms with Crippen LogP contribution in [0.25, 0.3) is 0 Å². The van der Waals surface area contributed by atoms with Crippen molar-refractivity contribution in [2.45, 2.75) is 19.8 Å². The van der Waals surface area contributed by atoms with Crippen molar-refractivity contribution < 1.29 is 14.4 Å². The third kappa shape index (κ3) is 7.50. The summed E-state index contributed by atoms with van der Waals surface area (Å²) in [7, 11) is 1.69. The van der Waals surface area contributed by atoms with Gasteiger partial charge in [-0.1, -0.05) is 36.4 Å². The highest BCUT2D eigenvalue weighted by molar-refractivity contribution is 5.95. The molecule has 3 aromatic carbocycles. The Balaban J connectivity index is 1.46. The highest BCUT2D eigenvalue weighted by Gasteiger charge is 2.08. The fourth-order valence-corrected chi connectivity index (χ4v) is 3.17. The molecule has 33 heavy (non-hydrogen) atoms. The van der Waals surface area contributed by atoms with Crippen molar-refractivity contribution in [3.05, 3.63) is 84.4 Å². The SMILES string of the molecule is CC(=O)N(C)c1ccc(NC(=O)CNc2cccc(NC(=O)CCc3ccccc3)c2)cc1. The van der Waals surface area contributed by atoms with E-state index in [1.54, 1.807) is 37.4 Å². The first-order valence-electron chi connectivity index (χ1n) is 10.7. The lowest BCUT2D eigenvalue weighted by Crippen LogP contribution is -2.23. The van der Waals surface area contributed by atoms with Crippen LogP contribution < -0.4 is 20.9 Å². The molecule has 0 saturated heterocycles. The molecular weight excluding hydrogens is 416 g/mol. The maximum Gasteiger partial charge on any atom is 0.243 e. The van der Waals surface area contributed by atoms with E-state index in [0.717, 1.165) is 16.9 Å². The number of hydrogen-bond donors (Lipinski definition) is 3. The standard InChI is InChI=1S/C26H28N4O3/c1-19(31)30(2)24-14-12-21(13-15-24)28-26(33)18-27-22-9-6-10-23(17-22)29-25(32)16-11-20-7-4-3-5-8-20/h3-10,12-15,17,27H,11,16,18H2,1-2H3,(H,28,33)(H,29,32). The van der Waals surface area contributed by atoms with Gasteiger partial charge < -0.3 is 20.9 Å². The van der Waals surface area contributed by atoms with Crippen LogP contribution in [-0.4, -0.2) is 31.3 Å². The number of amides is 3. The summed E-state index contributed by atoms with van der Waals surface area (Å²) < 4.78 is 0. The second-order valence-electron chi connectivity index (χ2n) is 7.64. The summed E-state index contributed by atoms with van der Waals surface area (Å²) >= 11 is 0. The van der Waals surface area contributed by atoms with E-state index in [1.165, 1.54) is 11.8 Å². The summed E-state index contributed by atoms with van der Waals surface area (Å²) in [6, 6.07) is 24.2. The molecule has 0 aliphatic heterocycles. The highest BCUT2D eigenvalue weighted by Crippen LogP contribution is 2.18. The van der Waals surface area contributed by atoms with Gasteiger partial charge in [0, 0.05) is 43.1 Å². The molecule has 170 valence electrons. The molecule has 0 aromatic heterocycles. The Kier molecular flexibility index (Phi) is 8.18. The fraction of sp³-hybridized carbons (Fsp3) is 0.192. The van der Waals surface area contributed by atoms with E-state index in [4.69, 9.17) is 0 Å². The summed E-state index contributed by atoms with van der Waals surface area (Å²) in [6.45, 7) is 1.56. The quantitative estimate of drug-likeness (QED) is 0.459. The van der Waals surface area contributed by atoms with Crippen LogP contribution in [0.15, 0.2) is 78.9 Å². The zero-order valence-corrected chi connectivity index (χ0v) is 18.8. The minimum atomic E-state index is -0.208. The molecule has 0 spiro atoms. The molecule has 7 nitrogen and oxygen atoms in total. The average Bonchev–Trinajstić information content (AvgIpc) is 2.82. The van der Waals surface area contributed by atoms with E-state index in [0.29, 0.717) is 24.2 Å². The first-order chi connectivity index (χ1) is 15.9. The van der Waals surface area contributed by atoms with Gasteiger partial charge in [0.25, 0.3) is 0 Å². The maximum absolute atomic E-state index is 12.3. The van der Waals surface area contributed by atoms with E-state index in [9.17, 15) is 14.4 Å². The van der Waals surface area contributed by atoms with Gasteiger partial charge in [-0.2, -0.15) is 0 Å². The first-order valence-corrected chi connectivity index (χ1v) is 10.7. The van der Waals surface area contributed by atoms with Crippen molar-refractivity contribution in [2.75, 3.05) is 34.4 Å². The number of hydrogen-bond acceptors (Lipinski definition) is 4. The number of benzene rings is 3. The number of nitrogens with zero attached hydrogens (tertiary/aromatic N) is 1. The zero-order valence-electron chi connectivity index (χ0n) is 18.8. The van der Waals surface area contributed by atoms with E-state index < -0.39 is 0 Å². The summed E-state index contributed by atoms with van der Waals surface area (Å²) in [5.74, 6) is -0.335. The van der Waals surface area contributed by atoms with Crippen LogP contribution in [0.1, 0.15) is 18.9 Å². The molecule has 0 fully saturated rings. The van der Waals surface area contributed by atoms with E-state index in [1.807, 2.05) is 48.5 Å². The number of aryl methyl sites for hydroxylation is 1. The monoisotopic (exact) mass is 444 g/mol. The Morgan fingerprint density at radius 1 is 0.758 bits per heavy atom. The molecule has 3 rings (SSSR count). The van der Waals surface area contributed by atoms with Crippen molar-refractivity contribution in [3.63, 3.8) is 0 Å². The molecule has 0 saturated carbocycles. The Morgan fingerprint density at radius 3 is 2.12 bits per heavy atom. The smallest absolute Gasteiger partial charge is 0.243 e. The highest BCUT2D eigenvalue weighted by atomic mass is 16.2. The molecule has 0 heterocycles. The van der Waals surface area contributed by atoms with Crippen LogP contribution in [0.2, 0.25) is 0 Å². The second-order valence-corrected chi connectivity index (χ2v) is 7.64. The van der Waals surface area contributed by atoms with Gasteiger partial charge in [0.2, 0.25) is 17.7 Å². The summed E-state index contributed by atoms with van der Waals surface area (Å²) in [5.41, 5.74) is 3.91. The van der Waals surface area contributed by atoms with Gasteiger partial charge in [0.05, 0.1) is 6.54 Å². The van der Waals surface area contributed by atoms with Crippen molar-refractivity contribution in [2.24, 2.45) is 0 Å². The lowest BCUT2D eigenvalue weighted by Gasteiger charge is -2.15. The normalized spacial score (nSPS) is 10.2. The molecule has 7 heteroatoms. The Labute approximate surface area is 193 Å². The van der Waals surface area contributed by atoms with Gasteiger partial charge in [-0.3, -0.25) is 14.4 Å². The van der Waals surface area contributed by atoms with Crippen molar-refractivity contribution in [1.82, 2.24) is 0 Å². The van der Waals surface area contributed by atoms with Crippen LogP contribution in [0.5, 0.6) is 0 Å². The van der Waals surface area contributed by atoms with Crippen molar-refractivity contribution in [1.29, 1.82) is 0 Å². The van der Waals surface area contributed by atoms with Gasteiger partial charge in [-0.15, -0.1) is 0 Å². The third-order valence-corrected chi connectivity index (χ3v) is 5.09. The van der Waals surface area contributed by atoms with E-state index in [-0.39, 0.29) is 24.3 Å². The van der Waals surface area contributed by atoms with Crippen LogP contribution in [0, 0.1) is 0 Å². The minimum Gasteiger partial charge on any atom is -0.376 e. The number of rotatable bonds is 9. The van der Waals surface area contributed by atoms with Crippen molar-refractivity contribution in [3.8, 4) is 0 Å². The molecule has 0 bridgehead atoms. The molecule has 0 aliphatic carbocycles. The summed E-state index contributed by atoms with van der Waals surface area (Å²) in [6.07, 6.45) is 1.07. The molecule has 3 N–H and O–H groups in total. The second kappa shape index (κ2) is 11.5. The van der Waals surface area contributed by atoms with Crippen LogP contribution in [0.3, 0.4) is 0 Å². The van der Waals surface area contributed by atoms with Gasteiger partial charge in [-0.25, -0.2) is 0 Å². The average molecular weight is 445 g/mol. The predicted octanol–water partition coefficient (Wildman–Crippen LogP) is 4.29. The molecule has 0 atom stereocenters. The molecule has 3 aromatic rings. The lowest BCUT2D eigenvalue weighted by molar-refractivity contribution is -0.117. The molecule has 0 unspecified atom stereocenters. The van der Waals surface area contributed by atoms with Gasteiger partial charge in [0.15, 0.2) is 0 Å². The first kappa shape index (κ1) is 23.5. The Hall–Kier alpha value is -4.13. The van der Waals surface area contributed by atoms with Crippen molar-refractivity contribution >= 4 is 40.5 Å². The fourth-order valence-electron chi connectivity index (χ4n) is 3.17. The molecular formula is C26H28N4O3. The van der Waals surface area contributed by atoms with Gasteiger partial charge >= 0.3 is 0 Å². The van der Waals surface area contributed by atoms with Gasteiger partial charge in [0.1, 0.15) is 0 Å². The van der Waals surface area contributed by atoms with Gasteiger partial charge in [-0.05, 0) is 54.4 Å². The third-order valence-electron chi connectivity index (χ3n) is 5.09. The molecule has 0 radical (unpaired) electrons. The predicted molar refractivity (Wildman–Crippen MR) is 132 cm³/mol. The zero-order chi connectivity index (χ0) is 23.6. The number of nitrogens with one attached hydrogen (secondary N) is 3. The Bertz CT molecular complexity index is 1100. The largest absolute Gasteiger partial charge is 0.376 e. The maximum atomic E-state index is 12.3. The molecule has 0 aliphatic rings. The summed E-state index contributed by atoms with van der Waals surface area (Å²) in [4.78, 5) is 37.5.